The van der Waals surface area contributed by atoms with Crippen LogP contribution in [-0.2, 0) is 10.5 Å². The molecule has 0 aliphatic carbocycles. The van der Waals surface area contributed by atoms with E-state index in [2.05, 4.69) is 31.2 Å². The van der Waals surface area contributed by atoms with E-state index in [9.17, 15) is 9.90 Å². The second-order valence-corrected chi connectivity index (χ2v) is 6.10. The molecule has 1 fully saturated rings. The first-order valence-electron chi connectivity index (χ1n) is 6.74. The number of β-amino-alcohol motifs (C(OH)–C–C–N with tert-alkyl or cyclic N) is 1. The van der Waals surface area contributed by atoms with Crippen LogP contribution in [0.4, 0.5) is 0 Å². The van der Waals surface area contributed by atoms with Crippen LogP contribution in [0, 0.1) is 6.92 Å². The number of aliphatic hydroxyl groups excluding tert-OH is 1. The minimum atomic E-state index is -0.334. The second kappa shape index (κ2) is 6.96. The van der Waals surface area contributed by atoms with E-state index in [4.69, 9.17) is 0 Å². The molecule has 1 N–H and O–H groups in total. The van der Waals surface area contributed by atoms with Gasteiger partial charge in [0, 0.05) is 18.8 Å². The van der Waals surface area contributed by atoms with Crippen LogP contribution < -0.4 is 0 Å². The van der Waals surface area contributed by atoms with Gasteiger partial charge in [-0.2, -0.15) is 0 Å². The summed E-state index contributed by atoms with van der Waals surface area (Å²) in [5.74, 6) is 1.51. The summed E-state index contributed by atoms with van der Waals surface area (Å²) in [5, 5.41) is 9.56. The third-order valence-electron chi connectivity index (χ3n) is 3.36. The second-order valence-electron chi connectivity index (χ2n) is 5.11. The van der Waals surface area contributed by atoms with Crippen molar-refractivity contribution in [3.63, 3.8) is 0 Å². The molecule has 19 heavy (non-hydrogen) atoms. The fraction of sp³-hybridized carbons (Fsp3) is 0.533. The van der Waals surface area contributed by atoms with E-state index < -0.39 is 0 Å². The quantitative estimate of drug-likeness (QED) is 0.918. The maximum atomic E-state index is 12.0. The van der Waals surface area contributed by atoms with Crippen molar-refractivity contribution in [1.82, 2.24) is 4.90 Å². The molecule has 0 unspecified atom stereocenters. The molecule has 1 aliphatic heterocycles. The molecule has 1 aliphatic rings. The Labute approximate surface area is 119 Å². The van der Waals surface area contributed by atoms with Crippen molar-refractivity contribution < 1.29 is 9.90 Å². The standard InChI is InChI=1S/C15H21NO2S/c1-12-4-6-13(7-5-12)10-19-11-15(18)16-8-2-3-14(17)9-16/h4-7,14,17H,2-3,8-11H2,1H3/t14-/m0/s1. The first kappa shape index (κ1) is 14.4. The van der Waals surface area contributed by atoms with E-state index in [-0.39, 0.29) is 12.0 Å². The number of rotatable bonds is 4. The lowest BCUT2D eigenvalue weighted by Gasteiger charge is -2.30. The normalized spacial score (nSPS) is 19.5. The Balaban J connectivity index is 1.73. The highest BCUT2D eigenvalue weighted by atomic mass is 32.2. The maximum Gasteiger partial charge on any atom is 0.232 e. The highest BCUT2D eigenvalue weighted by Crippen LogP contribution is 2.16. The van der Waals surface area contributed by atoms with Crippen LogP contribution >= 0.6 is 11.8 Å². The molecule has 0 aromatic heterocycles. The summed E-state index contributed by atoms with van der Waals surface area (Å²) in [6.45, 7) is 3.37. The summed E-state index contributed by atoms with van der Waals surface area (Å²) in [5.41, 5.74) is 2.51. The Morgan fingerprint density at radius 2 is 2.16 bits per heavy atom. The Morgan fingerprint density at radius 1 is 1.42 bits per heavy atom. The molecular weight excluding hydrogens is 258 g/mol. The molecule has 0 spiro atoms. The average Bonchev–Trinajstić information content (AvgIpc) is 2.41. The van der Waals surface area contributed by atoms with Gasteiger partial charge in [-0.1, -0.05) is 29.8 Å². The fourth-order valence-corrected chi connectivity index (χ4v) is 3.10. The van der Waals surface area contributed by atoms with Crippen molar-refractivity contribution in [3.8, 4) is 0 Å². The van der Waals surface area contributed by atoms with Crippen LogP contribution in [0.15, 0.2) is 24.3 Å². The van der Waals surface area contributed by atoms with E-state index in [1.165, 1.54) is 11.1 Å². The molecule has 1 amide bonds. The van der Waals surface area contributed by atoms with Crippen LogP contribution in [0.25, 0.3) is 0 Å². The number of piperidine rings is 1. The molecule has 2 rings (SSSR count). The van der Waals surface area contributed by atoms with Crippen molar-refractivity contribution in [2.75, 3.05) is 18.8 Å². The van der Waals surface area contributed by atoms with Gasteiger partial charge in [0.05, 0.1) is 11.9 Å². The van der Waals surface area contributed by atoms with Crippen LogP contribution in [0.5, 0.6) is 0 Å². The number of benzene rings is 1. The van der Waals surface area contributed by atoms with Gasteiger partial charge < -0.3 is 10.0 Å². The molecule has 1 saturated heterocycles. The number of hydrogen-bond donors (Lipinski definition) is 1. The molecule has 1 aromatic rings. The van der Waals surface area contributed by atoms with Crippen molar-refractivity contribution in [3.05, 3.63) is 35.4 Å². The third kappa shape index (κ3) is 4.55. The van der Waals surface area contributed by atoms with Crippen molar-refractivity contribution in [1.29, 1.82) is 0 Å². The predicted octanol–water partition coefficient (Wildman–Crippen LogP) is 2.21. The van der Waals surface area contributed by atoms with E-state index in [0.717, 1.165) is 25.1 Å². The molecular formula is C15H21NO2S. The Morgan fingerprint density at radius 3 is 2.84 bits per heavy atom. The molecule has 1 aromatic carbocycles. The SMILES string of the molecule is Cc1ccc(CSCC(=O)N2CCC[C@H](O)C2)cc1. The van der Waals surface area contributed by atoms with Gasteiger partial charge >= 0.3 is 0 Å². The number of aliphatic hydroxyl groups is 1. The highest BCUT2D eigenvalue weighted by molar-refractivity contribution is 7.99. The van der Waals surface area contributed by atoms with E-state index >= 15 is 0 Å². The van der Waals surface area contributed by atoms with Gasteiger partial charge in [0.2, 0.25) is 5.91 Å². The molecule has 1 atom stereocenters. The van der Waals surface area contributed by atoms with Gasteiger partial charge in [-0.25, -0.2) is 0 Å². The van der Waals surface area contributed by atoms with Crippen LogP contribution in [0.3, 0.4) is 0 Å². The average molecular weight is 279 g/mol. The predicted molar refractivity (Wildman–Crippen MR) is 79.2 cm³/mol. The third-order valence-corrected chi connectivity index (χ3v) is 4.35. The highest BCUT2D eigenvalue weighted by Gasteiger charge is 2.21. The lowest BCUT2D eigenvalue weighted by Crippen LogP contribution is -2.43. The number of carbonyl (C=O) groups is 1. The number of carbonyl (C=O) groups excluding carboxylic acids is 1. The fourth-order valence-electron chi connectivity index (χ4n) is 2.21. The number of amides is 1. The summed E-state index contributed by atoms with van der Waals surface area (Å²) in [6.07, 6.45) is 1.40. The summed E-state index contributed by atoms with van der Waals surface area (Å²) < 4.78 is 0. The minimum Gasteiger partial charge on any atom is -0.391 e. The van der Waals surface area contributed by atoms with E-state index in [1.54, 1.807) is 16.7 Å². The van der Waals surface area contributed by atoms with Gasteiger partial charge in [-0.15, -0.1) is 11.8 Å². The molecule has 3 nitrogen and oxygen atoms in total. The molecule has 0 saturated carbocycles. The summed E-state index contributed by atoms with van der Waals surface area (Å²) in [6, 6.07) is 8.41. The van der Waals surface area contributed by atoms with Gasteiger partial charge in [0.25, 0.3) is 0 Å². The van der Waals surface area contributed by atoms with Gasteiger partial charge in [-0.3, -0.25) is 4.79 Å². The van der Waals surface area contributed by atoms with Crippen LogP contribution in [-0.4, -0.2) is 40.9 Å². The molecule has 0 bridgehead atoms. The Kier molecular flexibility index (Phi) is 5.28. The number of thioether (sulfide) groups is 1. The smallest absolute Gasteiger partial charge is 0.232 e. The summed E-state index contributed by atoms with van der Waals surface area (Å²) in [4.78, 5) is 13.8. The first-order chi connectivity index (χ1) is 9.15. The molecule has 104 valence electrons. The zero-order valence-corrected chi connectivity index (χ0v) is 12.2. The maximum absolute atomic E-state index is 12.0. The van der Waals surface area contributed by atoms with Gasteiger partial charge in [0.15, 0.2) is 0 Å². The lowest BCUT2D eigenvalue weighted by atomic mass is 10.1. The van der Waals surface area contributed by atoms with E-state index in [1.807, 2.05) is 0 Å². The number of hydrogen-bond acceptors (Lipinski definition) is 3. The minimum absolute atomic E-state index is 0.149. The lowest BCUT2D eigenvalue weighted by molar-refractivity contribution is -0.131. The molecule has 1 heterocycles. The van der Waals surface area contributed by atoms with Gasteiger partial charge in [0.1, 0.15) is 0 Å². The zero-order chi connectivity index (χ0) is 13.7. The van der Waals surface area contributed by atoms with Crippen molar-refractivity contribution in [2.24, 2.45) is 0 Å². The summed E-state index contributed by atoms with van der Waals surface area (Å²) in [7, 11) is 0. The van der Waals surface area contributed by atoms with Gasteiger partial charge in [-0.05, 0) is 25.3 Å². The van der Waals surface area contributed by atoms with E-state index in [0.29, 0.717) is 12.3 Å². The molecule has 0 radical (unpaired) electrons. The summed E-state index contributed by atoms with van der Waals surface area (Å²) >= 11 is 1.64. The number of likely N-dealkylation sites (tertiary alicyclic amines) is 1. The van der Waals surface area contributed by atoms with Crippen LogP contribution in [0.1, 0.15) is 24.0 Å². The zero-order valence-electron chi connectivity index (χ0n) is 11.3. The van der Waals surface area contributed by atoms with Crippen molar-refractivity contribution in [2.45, 2.75) is 31.6 Å². The number of nitrogens with zero attached hydrogens (tertiary/aromatic N) is 1. The Bertz CT molecular complexity index is 419. The first-order valence-corrected chi connectivity index (χ1v) is 7.90. The monoisotopic (exact) mass is 279 g/mol. The molecule has 4 heteroatoms. The van der Waals surface area contributed by atoms with Crippen LogP contribution in [0.2, 0.25) is 0 Å². The largest absolute Gasteiger partial charge is 0.391 e. The topological polar surface area (TPSA) is 40.5 Å². The number of aryl methyl sites for hydroxylation is 1. The Hall–Kier alpha value is -1.00. The van der Waals surface area contributed by atoms with Crippen molar-refractivity contribution >= 4 is 17.7 Å².